The van der Waals surface area contributed by atoms with Crippen LogP contribution in [-0.4, -0.2) is 39.2 Å². The standard InChI is InChI=1S/C9H19IN2/c1-8-7-11(9(2,3)4)5-6-12(8)10/h8H,5-7H2,1-4H3. The summed E-state index contributed by atoms with van der Waals surface area (Å²) in [4.78, 5) is 2.56. The largest absolute Gasteiger partial charge is 0.296 e. The Balaban J connectivity index is 2.51. The Hall–Kier alpha value is 0.650. The van der Waals surface area contributed by atoms with Crippen LogP contribution in [0.25, 0.3) is 0 Å². The Morgan fingerprint density at radius 2 is 1.83 bits per heavy atom. The van der Waals surface area contributed by atoms with E-state index >= 15 is 0 Å². The fraction of sp³-hybridized carbons (Fsp3) is 1.00. The van der Waals surface area contributed by atoms with Crippen molar-refractivity contribution in [2.75, 3.05) is 19.6 Å². The molecule has 0 aromatic heterocycles. The van der Waals surface area contributed by atoms with Gasteiger partial charge in [-0.1, -0.05) is 0 Å². The first kappa shape index (κ1) is 10.7. The molecule has 0 radical (unpaired) electrons. The van der Waals surface area contributed by atoms with Gasteiger partial charge < -0.3 is 0 Å². The molecule has 0 aromatic rings. The minimum atomic E-state index is 0.339. The summed E-state index contributed by atoms with van der Waals surface area (Å²) in [5.41, 5.74) is 0.339. The Labute approximate surface area is 89.8 Å². The Bertz CT molecular complexity index is 153. The van der Waals surface area contributed by atoms with Crippen molar-refractivity contribution < 1.29 is 0 Å². The minimum absolute atomic E-state index is 0.339. The summed E-state index contributed by atoms with van der Waals surface area (Å²) in [7, 11) is 0. The average Bonchev–Trinajstić information content (AvgIpc) is 1.92. The van der Waals surface area contributed by atoms with Gasteiger partial charge in [0.15, 0.2) is 0 Å². The molecule has 1 aliphatic rings. The number of piperazine rings is 1. The predicted octanol–water partition coefficient (Wildman–Crippen LogP) is 2.14. The molecule has 1 rings (SSSR count). The van der Waals surface area contributed by atoms with Gasteiger partial charge in [-0.15, -0.1) is 0 Å². The number of nitrogens with zero attached hydrogens (tertiary/aromatic N) is 2. The molecule has 1 unspecified atom stereocenters. The van der Waals surface area contributed by atoms with E-state index < -0.39 is 0 Å². The predicted molar refractivity (Wildman–Crippen MR) is 61.5 cm³/mol. The van der Waals surface area contributed by atoms with E-state index in [4.69, 9.17) is 0 Å². The molecule has 3 heteroatoms. The lowest BCUT2D eigenvalue weighted by Gasteiger charge is -2.43. The van der Waals surface area contributed by atoms with Crippen molar-refractivity contribution in [3.63, 3.8) is 0 Å². The zero-order chi connectivity index (χ0) is 9.35. The van der Waals surface area contributed by atoms with Crippen molar-refractivity contribution >= 4 is 22.9 Å². The third-order valence-corrected chi connectivity index (χ3v) is 3.93. The molecule has 1 atom stereocenters. The lowest BCUT2D eigenvalue weighted by Crippen LogP contribution is -2.54. The van der Waals surface area contributed by atoms with Gasteiger partial charge in [0, 0.05) is 54.1 Å². The summed E-state index contributed by atoms with van der Waals surface area (Å²) in [6.45, 7) is 12.8. The highest BCUT2D eigenvalue weighted by Crippen LogP contribution is 2.20. The van der Waals surface area contributed by atoms with Crippen LogP contribution in [-0.2, 0) is 0 Å². The second kappa shape index (κ2) is 3.80. The molecule has 12 heavy (non-hydrogen) atoms. The van der Waals surface area contributed by atoms with Gasteiger partial charge in [-0.2, -0.15) is 0 Å². The Kier molecular flexibility index (Phi) is 3.40. The van der Waals surface area contributed by atoms with E-state index in [1.165, 1.54) is 19.6 Å². The van der Waals surface area contributed by atoms with Gasteiger partial charge >= 0.3 is 0 Å². The first-order valence-corrected chi connectivity index (χ1v) is 5.55. The van der Waals surface area contributed by atoms with Crippen LogP contribution in [0.15, 0.2) is 0 Å². The molecule has 0 bridgehead atoms. The molecule has 0 aromatic carbocycles. The van der Waals surface area contributed by atoms with Crippen molar-refractivity contribution in [1.29, 1.82) is 0 Å². The van der Waals surface area contributed by atoms with Crippen LogP contribution in [0.5, 0.6) is 0 Å². The monoisotopic (exact) mass is 282 g/mol. The van der Waals surface area contributed by atoms with Gasteiger partial charge in [-0.05, 0) is 27.7 Å². The first-order chi connectivity index (χ1) is 5.41. The fourth-order valence-electron chi connectivity index (χ4n) is 1.54. The van der Waals surface area contributed by atoms with Crippen molar-refractivity contribution in [1.82, 2.24) is 8.01 Å². The quantitative estimate of drug-likeness (QED) is 0.496. The lowest BCUT2D eigenvalue weighted by molar-refractivity contribution is 0.0754. The van der Waals surface area contributed by atoms with Crippen molar-refractivity contribution in [3.05, 3.63) is 0 Å². The minimum Gasteiger partial charge on any atom is -0.296 e. The molecule has 1 aliphatic heterocycles. The van der Waals surface area contributed by atoms with Gasteiger partial charge in [0.25, 0.3) is 0 Å². The molecule has 1 saturated heterocycles. The molecule has 0 spiro atoms. The van der Waals surface area contributed by atoms with Crippen LogP contribution in [0.4, 0.5) is 0 Å². The Morgan fingerprint density at radius 1 is 1.25 bits per heavy atom. The SMILES string of the molecule is CC1CN(C(C)(C)C)CCN1I. The summed E-state index contributed by atoms with van der Waals surface area (Å²) >= 11 is 2.43. The van der Waals surface area contributed by atoms with E-state index in [0.717, 1.165) is 0 Å². The summed E-state index contributed by atoms with van der Waals surface area (Å²) in [5.74, 6) is 0. The first-order valence-electron chi connectivity index (χ1n) is 4.59. The number of halogens is 1. The molecule has 1 heterocycles. The van der Waals surface area contributed by atoms with Crippen molar-refractivity contribution in [2.45, 2.75) is 39.3 Å². The third kappa shape index (κ3) is 2.57. The van der Waals surface area contributed by atoms with E-state index in [0.29, 0.717) is 11.6 Å². The van der Waals surface area contributed by atoms with Gasteiger partial charge in [0.05, 0.1) is 0 Å². The zero-order valence-electron chi connectivity index (χ0n) is 8.47. The zero-order valence-corrected chi connectivity index (χ0v) is 10.6. The summed E-state index contributed by atoms with van der Waals surface area (Å²) in [5, 5.41) is 0. The third-order valence-electron chi connectivity index (χ3n) is 2.50. The highest BCUT2D eigenvalue weighted by atomic mass is 127. The summed E-state index contributed by atoms with van der Waals surface area (Å²) in [6, 6.07) is 0.693. The maximum Gasteiger partial charge on any atom is 0.0294 e. The van der Waals surface area contributed by atoms with Gasteiger partial charge in [-0.25, -0.2) is 3.11 Å². The van der Waals surface area contributed by atoms with Crippen molar-refractivity contribution in [3.8, 4) is 0 Å². The van der Waals surface area contributed by atoms with Crippen LogP contribution in [0.3, 0.4) is 0 Å². The molecule has 0 amide bonds. The maximum absolute atomic E-state index is 2.56. The van der Waals surface area contributed by atoms with Crippen LogP contribution in [0.2, 0.25) is 0 Å². The van der Waals surface area contributed by atoms with E-state index in [-0.39, 0.29) is 0 Å². The molecular formula is C9H19IN2. The van der Waals surface area contributed by atoms with E-state index in [1.54, 1.807) is 0 Å². The molecule has 0 saturated carbocycles. The molecule has 72 valence electrons. The fourth-order valence-corrected chi connectivity index (χ4v) is 1.94. The summed E-state index contributed by atoms with van der Waals surface area (Å²) in [6.07, 6.45) is 0. The topological polar surface area (TPSA) is 6.48 Å². The Morgan fingerprint density at radius 3 is 2.25 bits per heavy atom. The van der Waals surface area contributed by atoms with E-state index in [2.05, 4.69) is 58.6 Å². The average molecular weight is 282 g/mol. The van der Waals surface area contributed by atoms with Gasteiger partial charge in [-0.3, -0.25) is 4.90 Å². The molecule has 0 N–H and O–H groups in total. The summed E-state index contributed by atoms with van der Waals surface area (Å²) < 4.78 is 2.40. The van der Waals surface area contributed by atoms with Gasteiger partial charge in [0.2, 0.25) is 0 Å². The van der Waals surface area contributed by atoms with Gasteiger partial charge in [0.1, 0.15) is 0 Å². The van der Waals surface area contributed by atoms with Crippen LogP contribution in [0.1, 0.15) is 27.7 Å². The van der Waals surface area contributed by atoms with Crippen LogP contribution < -0.4 is 0 Å². The van der Waals surface area contributed by atoms with Crippen molar-refractivity contribution in [2.24, 2.45) is 0 Å². The highest BCUT2D eigenvalue weighted by Gasteiger charge is 2.28. The second-order valence-corrected chi connectivity index (χ2v) is 5.83. The molecular weight excluding hydrogens is 263 g/mol. The molecule has 2 nitrogen and oxygen atoms in total. The van der Waals surface area contributed by atoms with Crippen LogP contribution >= 0.6 is 22.9 Å². The second-order valence-electron chi connectivity index (χ2n) is 4.59. The maximum atomic E-state index is 2.56. The number of rotatable bonds is 0. The normalized spacial score (nSPS) is 29.2. The number of hydrogen-bond donors (Lipinski definition) is 0. The highest BCUT2D eigenvalue weighted by molar-refractivity contribution is 14.1. The lowest BCUT2D eigenvalue weighted by atomic mass is 10.0. The van der Waals surface area contributed by atoms with E-state index in [1.807, 2.05) is 0 Å². The molecule has 0 aliphatic carbocycles. The van der Waals surface area contributed by atoms with E-state index in [9.17, 15) is 0 Å². The smallest absolute Gasteiger partial charge is 0.0294 e. The van der Waals surface area contributed by atoms with Crippen LogP contribution in [0, 0.1) is 0 Å². The number of hydrogen-bond acceptors (Lipinski definition) is 2. The molecule has 1 fully saturated rings.